The lowest BCUT2D eigenvalue weighted by molar-refractivity contribution is 0.0664. The molecule has 2 atom stereocenters. The summed E-state index contributed by atoms with van der Waals surface area (Å²) in [6.45, 7) is 9.48. The number of nitrogens with zero attached hydrogens (tertiary/aromatic N) is 1. The lowest BCUT2D eigenvalue weighted by Crippen LogP contribution is -2.41. The normalized spacial score (nSPS) is 19.6. The average Bonchev–Trinajstić information content (AvgIpc) is 3.03. The van der Waals surface area contributed by atoms with Crippen molar-refractivity contribution in [3.05, 3.63) is 23.8 Å². The topological polar surface area (TPSA) is 71.0 Å². The monoisotopic (exact) mass is 364 g/mol. The Morgan fingerprint density at radius 3 is 2.69 bits per heavy atom. The van der Waals surface area contributed by atoms with Gasteiger partial charge in [0.05, 0.1) is 13.7 Å². The summed E-state index contributed by atoms with van der Waals surface area (Å²) in [6, 6.07) is 5.41. The highest BCUT2D eigenvalue weighted by molar-refractivity contribution is 5.95. The zero-order chi connectivity index (χ0) is 19.1. The molecule has 1 saturated heterocycles. The molecule has 1 fully saturated rings. The molecule has 1 amide bonds. The van der Waals surface area contributed by atoms with Gasteiger partial charge in [0, 0.05) is 31.2 Å². The van der Waals surface area contributed by atoms with Gasteiger partial charge < -0.3 is 24.8 Å². The SMILES string of the molecule is COc1ccc(C(=O)N(C[C@@H]2CNC[C@H]2C)C(C)C)cc1OCCCO. The smallest absolute Gasteiger partial charge is 0.254 e. The maximum Gasteiger partial charge on any atom is 0.254 e. The number of rotatable bonds is 9. The second kappa shape index (κ2) is 9.78. The van der Waals surface area contributed by atoms with E-state index in [0.29, 0.717) is 41.9 Å². The van der Waals surface area contributed by atoms with Crippen LogP contribution in [0.5, 0.6) is 11.5 Å². The van der Waals surface area contributed by atoms with Crippen molar-refractivity contribution in [1.82, 2.24) is 10.2 Å². The Bertz CT molecular complexity index is 591. The molecular formula is C20H32N2O4. The summed E-state index contributed by atoms with van der Waals surface area (Å²) in [4.78, 5) is 15.1. The summed E-state index contributed by atoms with van der Waals surface area (Å²) in [6.07, 6.45) is 0.534. The van der Waals surface area contributed by atoms with Crippen molar-refractivity contribution in [1.29, 1.82) is 0 Å². The first-order valence-corrected chi connectivity index (χ1v) is 9.41. The summed E-state index contributed by atoms with van der Waals surface area (Å²) in [5.74, 6) is 2.17. The van der Waals surface area contributed by atoms with Gasteiger partial charge in [0.1, 0.15) is 0 Å². The summed E-state index contributed by atoms with van der Waals surface area (Å²) in [5, 5.41) is 12.3. The molecule has 0 aliphatic carbocycles. The number of carbonyl (C=O) groups is 1. The minimum absolute atomic E-state index is 0.00811. The minimum atomic E-state index is 0.00811. The third kappa shape index (κ3) is 5.11. The second-order valence-corrected chi connectivity index (χ2v) is 7.24. The van der Waals surface area contributed by atoms with Crippen LogP contribution in [0, 0.1) is 11.8 Å². The van der Waals surface area contributed by atoms with E-state index in [9.17, 15) is 4.79 Å². The molecule has 26 heavy (non-hydrogen) atoms. The first-order chi connectivity index (χ1) is 12.5. The van der Waals surface area contributed by atoms with Gasteiger partial charge in [-0.3, -0.25) is 4.79 Å². The number of methoxy groups -OCH3 is 1. The molecule has 0 bridgehead atoms. The number of aliphatic hydroxyl groups excluding tert-OH is 1. The van der Waals surface area contributed by atoms with Gasteiger partial charge >= 0.3 is 0 Å². The molecule has 1 heterocycles. The van der Waals surface area contributed by atoms with Gasteiger partial charge in [0.15, 0.2) is 11.5 Å². The molecule has 1 aliphatic rings. The fraction of sp³-hybridized carbons (Fsp3) is 0.650. The van der Waals surface area contributed by atoms with Gasteiger partial charge in [-0.25, -0.2) is 0 Å². The number of aliphatic hydroxyl groups is 1. The van der Waals surface area contributed by atoms with Crippen molar-refractivity contribution in [2.24, 2.45) is 11.8 Å². The molecule has 146 valence electrons. The third-order valence-corrected chi connectivity index (χ3v) is 4.96. The van der Waals surface area contributed by atoms with Gasteiger partial charge in [-0.2, -0.15) is 0 Å². The maximum absolute atomic E-state index is 13.1. The predicted molar refractivity (Wildman–Crippen MR) is 102 cm³/mol. The number of benzene rings is 1. The van der Waals surface area contributed by atoms with Crippen molar-refractivity contribution in [2.45, 2.75) is 33.2 Å². The maximum atomic E-state index is 13.1. The van der Waals surface area contributed by atoms with Crippen LogP contribution in [0.2, 0.25) is 0 Å². The zero-order valence-electron chi connectivity index (χ0n) is 16.3. The number of hydrogen-bond acceptors (Lipinski definition) is 5. The van der Waals surface area contributed by atoms with Crippen LogP contribution in [0.15, 0.2) is 18.2 Å². The van der Waals surface area contributed by atoms with E-state index in [1.54, 1.807) is 25.3 Å². The molecular weight excluding hydrogens is 332 g/mol. The van der Waals surface area contributed by atoms with E-state index in [0.717, 1.165) is 19.6 Å². The first kappa shape index (κ1) is 20.5. The molecule has 1 aromatic rings. The molecule has 0 spiro atoms. The van der Waals surface area contributed by atoms with Gasteiger partial charge in [0.25, 0.3) is 5.91 Å². The fourth-order valence-corrected chi connectivity index (χ4v) is 3.22. The molecule has 2 rings (SSSR count). The van der Waals surface area contributed by atoms with Crippen molar-refractivity contribution in [3.63, 3.8) is 0 Å². The number of ether oxygens (including phenoxy) is 2. The molecule has 0 saturated carbocycles. The molecule has 1 aliphatic heterocycles. The zero-order valence-corrected chi connectivity index (χ0v) is 16.3. The van der Waals surface area contributed by atoms with Crippen molar-refractivity contribution >= 4 is 5.91 Å². The number of amides is 1. The quantitative estimate of drug-likeness (QED) is 0.657. The Labute approximate surface area is 156 Å². The molecule has 6 nitrogen and oxygen atoms in total. The van der Waals surface area contributed by atoms with Crippen LogP contribution in [-0.2, 0) is 0 Å². The molecule has 2 N–H and O–H groups in total. The first-order valence-electron chi connectivity index (χ1n) is 9.41. The molecule has 0 aromatic heterocycles. The second-order valence-electron chi connectivity index (χ2n) is 7.24. The highest BCUT2D eigenvalue weighted by Crippen LogP contribution is 2.29. The highest BCUT2D eigenvalue weighted by Gasteiger charge is 2.29. The van der Waals surface area contributed by atoms with E-state index in [2.05, 4.69) is 12.2 Å². The summed E-state index contributed by atoms with van der Waals surface area (Å²) >= 11 is 0. The minimum Gasteiger partial charge on any atom is -0.493 e. The van der Waals surface area contributed by atoms with E-state index in [1.807, 2.05) is 18.7 Å². The van der Waals surface area contributed by atoms with E-state index >= 15 is 0 Å². The summed E-state index contributed by atoms with van der Waals surface area (Å²) in [7, 11) is 1.57. The predicted octanol–water partition coefficient (Wildman–Crippen LogP) is 2.16. The van der Waals surface area contributed by atoms with Crippen molar-refractivity contribution in [2.75, 3.05) is 40.0 Å². The fourth-order valence-electron chi connectivity index (χ4n) is 3.22. The summed E-state index contributed by atoms with van der Waals surface area (Å²) in [5.41, 5.74) is 0.595. The van der Waals surface area contributed by atoms with E-state index in [1.165, 1.54) is 0 Å². The highest BCUT2D eigenvalue weighted by atomic mass is 16.5. The third-order valence-electron chi connectivity index (χ3n) is 4.96. The van der Waals surface area contributed by atoms with Crippen LogP contribution in [0.3, 0.4) is 0 Å². The Balaban J connectivity index is 2.17. The summed E-state index contributed by atoms with van der Waals surface area (Å²) < 4.78 is 11.0. The van der Waals surface area contributed by atoms with Crippen LogP contribution in [-0.4, -0.2) is 61.9 Å². The molecule has 1 aromatic carbocycles. The van der Waals surface area contributed by atoms with Crippen molar-refractivity contribution in [3.8, 4) is 11.5 Å². The largest absolute Gasteiger partial charge is 0.493 e. The van der Waals surface area contributed by atoms with Crippen LogP contribution in [0.1, 0.15) is 37.6 Å². The number of nitrogens with one attached hydrogen (secondary N) is 1. The van der Waals surface area contributed by atoms with Crippen molar-refractivity contribution < 1.29 is 19.4 Å². The standard InChI is InChI=1S/C20H32N2O4/c1-14(2)22(13-17-12-21-11-15(17)3)20(24)16-6-7-18(25-4)19(10-16)26-9-5-8-23/h6-7,10,14-15,17,21,23H,5,8-9,11-13H2,1-4H3/t15-,17+/m1/s1. The van der Waals surface area contributed by atoms with Crippen LogP contribution in [0.25, 0.3) is 0 Å². The number of hydrogen-bond donors (Lipinski definition) is 2. The van der Waals surface area contributed by atoms with E-state index in [4.69, 9.17) is 14.6 Å². The Morgan fingerprint density at radius 2 is 2.12 bits per heavy atom. The molecule has 0 unspecified atom stereocenters. The van der Waals surface area contributed by atoms with Gasteiger partial charge in [-0.1, -0.05) is 6.92 Å². The van der Waals surface area contributed by atoms with E-state index < -0.39 is 0 Å². The Hall–Kier alpha value is -1.79. The van der Waals surface area contributed by atoms with Gasteiger partial charge in [0.2, 0.25) is 0 Å². The van der Waals surface area contributed by atoms with Gasteiger partial charge in [-0.05, 0) is 57.0 Å². The van der Waals surface area contributed by atoms with E-state index in [-0.39, 0.29) is 18.6 Å². The lowest BCUT2D eigenvalue weighted by atomic mass is 9.96. The Kier molecular flexibility index (Phi) is 7.72. The van der Waals surface area contributed by atoms with Gasteiger partial charge in [-0.15, -0.1) is 0 Å². The Morgan fingerprint density at radius 1 is 1.35 bits per heavy atom. The lowest BCUT2D eigenvalue weighted by Gasteiger charge is -2.31. The molecule has 0 radical (unpaired) electrons. The molecule has 6 heteroatoms. The van der Waals surface area contributed by atoms with Crippen LogP contribution >= 0.6 is 0 Å². The van der Waals surface area contributed by atoms with Crippen LogP contribution in [0.4, 0.5) is 0 Å². The number of carbonyl (C=O) groups excluding carboxylic acids is 1. The van der Waals surface area contributed by atoms with Crippen LogP contribution < -0.4 is 14.8 Å². The average molecular weight is 364 g/mol.